The third-order valence-electron chi connectivity index (χ3n) is 2.99. The normalized spacial score (nSPS) is 11.8. The van der Waals surface area contributed by atoms with Crippen LogP contribution in [0.15, 0.2) is 22.7 Å². The topological polar surface area (TPSA) is 89.3 Å². The van der Waals surface area contributed by atoms with Gasteiger partial charge >= 0.3 is 6.03 Å². The number of nitrogens with one attached hydrogen (secondary N) is 2. The van der Waals surface area contributed by atoms with Gasteiger partial charge in [-0.3, -0.25) is 0 Å². The van der Waals surface area contributed by atoms with Crippen LogP contribution in [0.2, 0.25) is 5.02 Å². The number of aromatic nitrogens is 2. The smallest absolute Gasteiger partial charge is 0.319 e. The summed E-state index contributed by atoms with van der Waals surface area (Å²) in [6.45, 7) is 3.61. The maximum Gasteiger partial charge on any atom is 0.319 e. The Bertz CT molecular complexity index is 659. The maximum atomic E-state index is 12.1. The average molecular weight is 325 g/mol. The second-order valence-electron chi connectivity index (χ2n) is 4.55. The van der Waals surface area contributed by atoms with Crippen LogP contribution >= 0.6 is 11.6 Å². The number of hydrogen-bond acceptors (Lipinski definition) is 5. The lowest BCUT2D eigenvalue weighted by atomic mass is 10.2. The molecule has 0 saturated carbocycles. The molecule has 118 valence electrons. The van der Waals surface area contributed by atoms with E-state index in [1.807, 2.05) is 6.92 Å². The van der Waals surface area contributed by atoms with Crippen LogP contribution in [0.1, 0.15) is 31.1 Å². The number of hydrogen-bond donors (Lipinski definition) is 2. The zero-order chi connectivity index (χ0) is 16.1. The van der Waals surface area contributed by atoms with Gasteiger partial charge in [-0.15, -0.1) is 0 Å². The highest BCUT2D eigenvalue weighted by molar-refractivity contribution is 6.32. The van der Waals surface area contributed by atoms with E-state index in [0.717, 1.165) is 0 Å². The van der Waals surface area contributed by atoms with Crippen molar-refractivity contribution >= 4 is 23.3 Å². The Morgan fingerprint density at radius 3 is 2.86 bits per heavy atom. The highest BCUT2D eigenvalue weighted by atomic mass is 35.5. The first-order chi connectivity index (χ1) is 10.5. The van der Waals surface area contributed by atoms with E-state index in [9.17, 15) is 4.79 Å². The Morgan fingerprint density at radius 1 is 1.50 bits per heavy atom. The zero-order valence-electron chi connectivity index (χ0n) is 12.5. The molecule has 2 amide bonds. The molecule has 8 heteroatoms. The standard InChI is InChI=1S/C14H17ClN4O3/c1-4-10(13-16-8(2)22-19-13)17-14(20)18-11-7-5-6-9(15)12(11)21-3/h5-7,10H,4H2,1-3H3,(H2,17,18,20)/t10-/m1/s1. The van der Waals surface area contributed by atoms with Crippen LogP contribution in [0.3, 0.4) is 0 Å². The van der Waals surface area contributed by atoms with Crippen molar-refractivity contribution in [1.82, 2.24) is 15.5 Å². The van der Waals surface area contributed by atoms with Crippen LogP contribution in [-0.4, -0.2) is 23.3 Å². The van der Waals surface area contributed by atoms with E-state index in [4.69, 9.17) is 20.9 Å². The van der Waals surface area contributed by atoms with Crippen LogP contribution in [0.5, 0.6) is 5.75 Å². The van der Waals surface area contributed by atoms with Crippen LogP contribution in [0.4, 0.5) is 10.5 Å². The summed E-state index contributed by atoms with van der Waals surface area (Å²) in [6.07, 6.45) is 0.624. The molecule has 0 saturated heterocycles. The molecule has 1 aromatic heterocycles. The molecule has 0 radical (unpaired) electrons. The number of carbonyl (C=O) groups excluding carboxylic acids is 1. The van der Waals surface area contributed by atoms with E-state index in [1.165, 1.54) is 7.11 Å². The molecule has 7 nitrogen and oxygen atoms in total. The molecule has 0 unspecified atom stereocenters. The summed E-state index contributed by atoms with van der Waals surface area (Å²) in [5.41, 5.74) is 0.478. The van der Waals surface area contributed by atoms with E-state index in [0.29, 0.717) is 34.6 Å². The third-order valence-corrected chi connectivity index (χ3v) is 3.29. The number of anilines is 1. The quantitative estimate of drug-likeness (QED) is 0.880. The molecule has 0 aliphatic carbocycles. The molecule has 2 rings (SSSR count). The van der Waals surface area contributed by atoms with E-state index < -0.39 is 6.03 Å². The summed E-state index contributed by atoms with van der Waals surface area (Å²) >= 11 is 6.02. The van der Waals surface area contributed by atoms with Crippen molar-refractivity contribution < 1.29 is 14.1 Å². The number of halogens is 1. The molecule has 0 spiro atoms. The highest BCUT2D eigenvalue weighted by Crippen LogP contribution is 2.32. The Balaban J connectivity index is 2.08. The first-order valence-electron chi connectivity index (χ1n) is 6.75. The summed E-state index contributed by atoms with van der Waals surface area (Å²) < 4.78 is 10.1. The van der Waals surface area contributed by atoms with Crippen LogP contribution in [0.25, 0.3) is 0 Å². The van der Waals surface area contributed by atoms with E-state index in [1.54, 1.807) is 25.1 Å². The van der Waals surface area contributed by atoms with Gasteiger partial charge in [0, 0.05) is 6.92 Å². The minimum absolute atomic E-state index is 0.345. The summed E-state index contributed by atoms with van der Waals surface area (Å²) in [6, 6.07) is 4.35. The van der Waals surface area contributed by atoms with E-state index in [2.05, 4.69) is 20.8 Å². The molecule has 1 heterocycles. The fourth-order valence-corrected chi connectivity index (χ4v) is 2.19. The van der Waals surface area contributed by atoms with Crippen LogP contribution in [-0.2, 0) is 0 Å². The number of para-hydroxylation sites is 1. The monoisotopic (exact) mass is 324 g/mol. The van der Waals surface area contributed by atoms with Crippen molar-refractivity contribution in [3.05, 3.63) is 34.9 Å². The van der Waals surface area contributed by atoms with Crippen molar-refractivity contribution in [2.45, 2.75) is 26.3 Å². The minimum atomic E-state index is -0.408. The lowest BCUT2D eigenvalue weighted by molar-refractivity contribution is 0.247. The maximum absolute atomic E-state index is 12.1. The Kier molecular flexibility index (Phi) is 5.21. The molecule has 0 fully saturated rings. The zero-order valence-corrected chi connectivity index (χ0v) is 13.3. The Morgan fingerprint density at radius 2 is 2.27 bits per heavy atom. The van der Waals surface area contributed by atoms with Gasteiger partial charge in [0.1, 0.15) is 0 Å². The SMILES string of the molecule is CC[C@@H](NC(=O)Nc1cccc(Cl)c1OC)c1noc(C)n1. The second kappa shape index (κ2) is 7.13. The number of rotatable bonds is 5. The molecule has 0 bridgehead atoms. The number of amides is 2. The second-order valence-corrected chi connectivity index (χ2v) is 4.96. The minimum Gasteiger partial charge on any atom is -0.493 e. The summed E-state index contributed by atoms with van der Waals surface area (Å²) in [4.78, 5) is 16.3. The largest absolute Gasteiger partial charge is 0.493 e. The third kappa shape index (κ3) is 3.67. The van der Waals surface area contributed by atoms with Gasteiger partial charge in [0.25, 0.3) is 0 Å². The fourth-order valence-electron chi connectivity index (χ4n) is 1.94. The van der Waals surface area contributed by atoms with Crippen molar-refractivity contribution in [2.75, 3.05) is 12.4 Å². The number of benzene rings is 1. The predicted molar refractivity (Wildman–Crippen MR) is 82.2 cm³/mol. The highest BCUT2D eigenvalue weighted by Gasteiger charge is 2.19. The van der Waals surface area contributed by atoms with Crippen molar-refractivity contribution in [2.24, 2.45) is 0 Å². The van der Waals surface area contributed by atoms with E-state index >= 15 is 0 Å². The number of nitrogens with zero attached hydrogens (tertiary/aromatic N) is 2. The summed E-state index contributed by atoms with van der Waals surface area (Å²) in [7, 11) is 1.49. The molecule has 1 atom stereocenters. The van der Waals surface area contributed by atoms with Gasteiger partial charge < -0.3 is 19.9 Å². The molecular weight excluding hydrogens is 308 g/mol. The first kappa shape index (κ1) is 16.1. The van der Waals surface area contributed by atoms with E-state index in [-0.39, 0.29) is 6.04 Å². The summed E-state index contributed by atoms with van der Waals surface area (Å²) in [5.74, 6) is 1.29. The van der Waals surface area contributed by atoms with Gasteiger partial charge in [-0.05, 0) is 18.6 Å². The Labute approximate surface area is 133 Å². The molecule has 1 aromatic carbocycles. The van der Waals surface area contributed by atoms with Crippen LogP contribution < -0.4 is 15.4 Å². The number of aryl methyl sites for hydroxylation is 1. The first-order valence-corrected chi connectivity index (χ1v) is 7.13. The van der Waals surface area contributed by atoms with Crippen molar-refractivity contribution in [1.29, 1.82) is 0 Å². The lowest BCUT2D eigenvalue weighted by Gasteiger charge is -2.15. The van der Waals surface area contributed by atoms with Gasteiger partial charge in [0.15, 0.2) is 11.6 Å². The van der Waals surface area contributed by atoms with Gasteiger partial charge in [0.2, 0.25) is 5.89 Å². The fraction of sp³-hybridized carbons (Fsp3) is 0.357. The molecule has 2 aromatic rings. The molecule has 22 heavy (non-hydrogen) atoms. The molecular formula is C14H17ClN4O3. The van der Waals surface area contributed by atoms with Crippen LogP contribution in [0, 0.1) is 6.92 Å². The molecule has 0 aliphatic rings. The van der Waals surface area contributed by atoms with Gasteiger partial charge in [-0.1, -0.05) is 29.7 Å². The Hall–Kier alpha value is -2.28. The van der Waals surface area contributed by atoms with Crippen molar-refractivity contribution in [3.63, 3.8) is 0 Å². The average Bonchev–Trinajstić information content (AvgIpc) is 2.91. The number of ether oxygens (including phenoxy) is 1. The van der Waals surface area contributed by atoms with Gasteiger partial charge in [0.05, 0.1) is 23.9 Å². The predicted octanol–water partition coefficient (Wildman–Crippen LogP) is 3.31. The number of methoxy groups -OCH3 is 1. The summed E-state index contributed by atoms with van der Waals surface area (Å²) in [5, 5.41) is 9.72. The number of carbonyl (C=O) groups is 1. The van der Waals surface area contributed by atoms with Gasteiger partial charge in [-0.25, -0.2) is 4.79 Å². The molecule has 2 N–H and O–H groups in total. The molecule has 0 aliphatic heterocycles. The number of urea groups is 1. The van der Waals surface area contributed by atoms with Gasteiger partial charge in [-0.2, -0.15) is 4.98 Å². The van der Waals surface area contributed by atoms with Crippen molar-refractivity contribution in [3.8, 4) is 5.75 Å². The lowest BCUT2D eigenvalue weighted by Crippen LogP contribution is -2.33.